The van der Waals surface area contributed by atoms with E-state index >= 15 is 0 Å². The van der Waals surface area contributed by atoms with Gasteiger partial charge in [0.05, 0.1) is 6.42 Å². The fourth-order valence-electron chi connectivity index (χ4n) is 1.29. The van der Waals surface area contributed by atoms with E-state index in [0.717, 1.165) is 0 Å². The summed E-state index contributed by atoms with van der Waals surface area (Å²) in [7, 11) is 0. The monoisotopic (exact) mass is 219 g/mol. The molecular formula is C10H21NO2S. The molecule has 0 saturated carbocycles. The van der Waals surface area contributed by atoms with Gasteiger partial charge in [-0.15, -0.1) is 0 Å². The lowest BCUT2D eigenvalue weighted by atomic mass is 9.97. The van der Waals surface area contributed by atoms with Crippen LogP contribution in [0.3, 0.4) is 0 Å². The number of carbonyl (C=O) groups is 1. The summed E-state index contributed by atoms with van der Waals surface area (Å²) in [6, 6.07) is -0.242. The molecule has 0 rings (SSSR count). The van der Waals surface area contributed by atoms with E-state index in [1.165, 1.54) is 0 Å². The van der Waals surface area contributed by atoms with Crippen LogP contribution in [-0.2, 0) is 4.79 Å². The van der Waals surface area contributed by atoms with E-state index in [2.05, 4.69) is 20.8 Å². The van der Waals surface area contributed by atoms with Crippen LogP contribution in [-0.4, -0.2) is 27.6 Å². The number of hydrogen-bond acceptors (Lipinski definition) is 3. The first kappa shape index (κ1) is 13.8. The molecule has 0 radical (unpaired) electrons. The first-order chi connectivity index (χ1) is 6.34. The molecule has 0 fully saturated rings. The van der Waals surface area contributed by atoms with Gasteiger partial charge in [0.2, 0.25) is 0 Å². The Hall–Kier alpha value is -0.220. The fourth-order valence-corrected chi connectivity index (χ4v) is 2.60. The van der Waals surface area contributed by atoms with Gasteiger partial charge in [-0.1, -0.05) is 27.7 Å². The number of hydrogen-bond donors (Lipinski definition) is 2. The van der Waals surface area contributed by atoms with Crippen LogP contribution in [0, 0.1) is 5.92 Å². The van der Waals surface area contributed by atoms with Gasteiger partial charge in [-0.2, -0.15) is 11.8 Å². The van der Waals surface area contributed by atoms with Gasteiger partial charge in [-0.25, -0.2) is 0 Å². The third-order valence-electron chi connectivity index (χ3n) is 2.31. The van der Waals surface area contributed by atoms with E-state index in [0.29, 0.717) is 10.5 Å². The second-order valence-electron chi connectivity index (χ2n) is 4.01. The molecule has 0 aromatic heterocycles. The van der Waals surface area contributed by atoms with E-state index in [-0.39, 0.29) is 18.4 Å². The van der Waals surface area contributed by atoms with E-state index in [1.54, 1.807) is 0 Å². The van der Waals surface area contributed by atoms with Crippen LogP contribution in [0.2, 0.25) is 0 Å². The largest absolute Gasteiger partial charge is 0.481 e. The standard InChI is InChI=1S/C10H21NO2S/c1-6(2)14-8(4)7(3)9(11)5-10(12)13/h6-9H,5,11H2,1-4H3,(H,12,13)/t7-,8+,9-/m1/s1. The smallest absolute Gasteiger partial charge is 0.304 e. The predicted octanol–water partition coefficient (Wildman–Crippen LogP) is 1.95. The number of carboxylic acids is 1. The average Bonchev–Trinajstić information content (AvgIpc) is 2.00. The zero-order valence-corrected chi connectivity index (χ0v) is 10.2. The molecule has 0 heterocycles. The molecule has 0 aromatic carbocycles. The zero-order chi connectivity index (χ0) is 11.3. The van der Waals surface area contributed by atoms with Gasteiger partial charge in [-0.3, -0.25) is 4.79 Å². The molecule has 0 aromatic rings. The minimum atomic E-state index is -0.814. The van der Waals surface area contributed by atoms with Crippen molar-refractivity contribution >= 4 is 17.7 Å². The molecule has 3 nitrogen and oxygen atoms in total. The van der Waals surface area contributed by atoms with Gasteiger partial charge >= 0.3 is 5.97 Å². The highest BCUT2D eigenvalue weighted by Crippen LogP contribution is 2.25. The van der Waals surface area contributed by atoms with Crippen LogP contribution < -0.4 is 5.73 Å². The van der Waals surface area contributed by atoms with Crippen molar-refractivity contribution in [2.75, 3.05) is 0 Å². The second kappa shape index (κ2) is 6.30. The Morgan fingerprint density at radius 1 is 1.36 bits per heavy atom. The molecule has 14 heavy (non-hydrogen) atoms. The summed E-state index contributed by atoms with van der Waals surface area (Å²) in [5.74, 6) is -0.579. The van der Waals surface area contributed by atoms with Crippen LogP contribution in [0.1, 0.15) is 34.1 Å². The summed E-state index contributed by atoms with van der Waals surface area (Å²) in [6.07, 6.45) is 0.0597. The van der Waals surface area contributed by atoms with Crippen molar-refractivity contribution in [1.82, 2.24) is 0 Å². The second-order valence-corrected chi connectivity index (χ2v) is 5.97. The lowest BCUT2D eigenvalue weighted by Gasteiger charge is -2.25. The minimum absolute atomic E-state index is 0.0597. The molecular weight excluding hydrogens is 198 g/mol. The molecule has 0 amide bonds. The van der Waals surface area contributed by atoms with Crippen LogP contribution in [0.5, 0.6) is 0 Å². The van der Waals surface area contributed by atoms with Crippen molar-refractivity contribution in [2.24, 2.45) is 11.7 Å². The summed E-state index contributed by atoms with van der Waals surface area (Å²) in [5.41, 5.74) is 5.80. The van der Waals surface area contributed by atoms with Crippen molar-refractivity contribution in [3.63, 3.8) is 0 Å². The quantitative estimate of drug-likeness (QED) is 0.716. The Morgan fingerprint density at radius 3 is 2.21 bits per heavy atom. The average molecular weight is 219 g/mol. The van der Waals surface area contributed by atoms with Crippen molar-refractivity contribution < 1.29 is 9.90 Å². The normalized spacial score (nSPS) is 17.9. The zero-order valence-electron chi connectivity index (χ0n) is 9.36. The summed E-state index contributed by atoms with van der Waals surface area (Å²) >= 11 is 1.84. The van der Waals surface area contributed by atoms with Gasteiger partial charge < -0.3 is 10.8 Å². The fraction of sp³-hybridized carbons (Fsp3) is 0.900. The van der Waals surface area contributed by atoms with Crippen LogP contribution in [0.4, 0.5) is 0 Å². The number of rotatable bonds is 6. The Balaban J connectivity index is 4.02. The molecule has 0 unspecified atom stereocenters. The minimum Gasteiger partial charge on any atom is -0.481 e. The molecule has 0 aliphatic rings. The Labute approximate surface area is 90.4 Å². The summed E-state index contributed by atoms with van der Waals surface area (Å²) in [6.45, 7) is 8.40. The molecule has 3 atom stereocenters. The van der Waals surface area contributed by atoms with Gasteiger partial charge in [-0.05, 0) is 11.2 Å². The third-order valence-corrected chi connectivity index (χ3v) is 3.72. The van der Waals surface area contributed by atoms with Gasteiger partial charge in [0.1, 0.15) is 0 Å². The molecule has 0 aliphatic carbocycles. The Morgan fingerprint density at radius 2 is 1.86 bits per heavy atom. The predicted molar refractivity (Wildman–Crippen MR) is 61.6 cm³/mol. The topological polar surface area (TPSA) is 63.3 Å². The first-order valence-electron chi connectivity index (χ1n) is 4.97. The van der Waals surface area contributed by atoms with E-state index in [4.69, 9.17) is 10.8 Å². The summed E-state index contributed by atoms with van der Waals surface area (Å²) in [4.78, 5) is 10.5. The first-order valence-corrected chi connectivity index (χ1v) is 5.91. The van der Waals surface area contributed by atoms with E-state index in [9.17, 15) is 4.79 Å². The molecule has 4 heteroatoms. The van der Waals surface area contributed by atoms with Gasteiger partial charge in [0, 0.05) is 11.3 Å². The third kappa shape index (κ3) is 5.50. The molecule has 3 N–H and O–H groups in total. The molecule has 0 spiro atoms. The van der Waals surface area contributed by atoms with Crippen molar-refractivity contribution in [3.05, 3.63) is 0 Å². The Bertz CT molecular complexity index is 185. The molecule has 84 valence electrons. The van der Waals surface area contributed by atoms with Crippen LogP contribution >= 0.6 is 11.8 Å². The van der Waals surface area contributed by atoms with E-state index in [1.807, 2.05) is 18.7 Å². The lowest BCUT2D eigenvalue weighted by molar-refractivity contribution is -0.137. The van der Waals surface area contributed by atoms with Crippen LogP contribution in [0.15, 0.2) is 0 Å². The maximum Gasteiger partial charge on any atom is 0.304 e. The van der Waals surface area contributed by atoms with Crippen LogP contribution in [0.25, 0.3) is 0 Å². The SMILES string of the molecule is CC(C)S[C@@H](C)[C@@H](C)[C@H](N)CC(=O)O. The Kier molecular flexibility index (Phi) is 6.20. The summed E-state index contributed by atoms with van der Waals surface area (Å²) < 4.78 is 0. The molecule has 0 saturated heterocycles. The van der Waals surface area contributed by atoms with Crippen molar-refractivity contribution in [1.29, 1.82) is 0 Å². The van der Waals surface area contributed by atoms with Gasteiger partial charge in [0.15, 0.2) is 0 Å². The number of nitrogens with two attached hydrogens (primary N) is 1. The van der Waals surface area contributed by atoms with Gasteiger partial charge in [0.25, 0.3) is 0 Å². The maximum atomic E-state index is 10.5. The molecule has 0 bridgehead atoms. The highest BCUT2D eigenvalue weighted by Gasteiger charge is 2.22. The van der Waals surface area contributed by atoms with Crippen molar-refractivity contribution in [3.8, 4) is 0 Å². The van der Waals surface area contributed by atoms with Crippen molar-refractivity contribution in [2.45, 2.75) is 50.7 Å². The number of carboxylic acid groups (broad SMARTS) is 1. The molecule has 0 aliphatic heterocycles. The maximum absolute atomic E-state index is 10.5. The highest BCUT2D eigenvalue weighted by atomic mass is 32.2. The number of aliphatic carboxylic acids is 1. The lowest BCUT2D eigenvalue weighted by Crippen LogP contribution is -2.36. The highest BCUT2D eigenvalue weighted by molar-refractivity contribution is 8.00. The number of thioether (sulfide) groups is 1. The van der Waals surface area contributed by atoms with E-state index < -0.39 is 5.97 Å². The summed E-state index contributed by atoms with van der Waals surface area (Å²) in [5, 5.41) is 9.58.